The molecule has 0 amide bonds. The van der Waals surface area contributed by atoms with Crippen molar-refractivity contribution >= 4 is 9.84 Å². The molecule has 1 aromatic carbocycles. The Bertz CT molecular complexity index is 544. The van der Waals surface area contributed by atoms with Gasteiger partial charge in [-0.25, -0.2) is 8.42 Å². The van der Waals surface area contributed by atoms with Gasteiger partial charge in [0, 0.05) is 19.8 Å². The van der Waals surface area contributed by atoms with Gasteiger partial charge in [0.1, 0.15) is 0 Å². The molecule has 0 spiro atoms. The summed E-state index contributed by atoms with van der Waals surface area (Å²) in [4.78, 5) is 0. The van der Waals surface area contributed by atoms with Crippen molar-refractivity contribution in [3.8, 4) is 11.5 Å². The molecule has 1 unspecified atom stereocenters. The van der Waals surface area contributed by atoms with Crippen LogP contribution in [-0.4, -0.2) is 47.9 Å². The number of sulfone groups is 1. The van der Waals surface area contributed by atoms with E-state index in [1.165, 1.54) is 14.2 Å². The minimum atomic E-state index is -3.21. The van der Waals surface area contributed by atoms with Crippen molar-refractivity contribution in [1.82, 2.24) is 0 Å². The predicted molar refractivity (Wildman–Crippen MR) is 81.6 cm³/mol. The van der Waals surface area contributed by atoms with Gasteiger partial charge in [0.05, 0.1) is 25.7 Å². The van der Waals surface area contributed by atoms with E-state index in [4.69, 9.17) is 19.9 Å². The summed E-state index contributed by atoms with van der Waals surface area (Å²) in [5.74, 6) is 1.08. The Labute approximate surface area is 126 Å². The summed E-state index contributed by atoms with van der Waals surface area (Å²) >= 11 is 0. The molecule has 120 valence electrons. The summed E-state index contributed by atoms with van der Waals surface area (Å²) in [5.41, 5.74) is 6.69. The molecule has 1 rings (SSSR count). The Morgan fingerprint density at radius 2 is 1.81 bits per heavy atom. The fraction of sp³-hybridized carbons (Fsp3) is 0.571. The predicted octanol–water partition coefficient (Wildman–Crippen LogP) is 1.15. The van der Waals surface area contributed by atoms with Gasteiger partial charge in [-0.05, 0) is 24.1 Å². The van der Waals surface area contributed by atoms with E-state index in [1.54, 1.807) is 25.3 Å². The van der Waals surface area contributed by atoms with Crippen LogP contribution in [0.15, 0.2) is 18.2 Å². The van der Waals surface area contributed by atoms with Gasteiger partial charge in [-0.1, -0.05) is 6.07 Å². The maximum absolute atomic E-state index is 12.0. The summed E-state index contributed by atoms with van der Waals surface area (Å²) in [6.45, 7) is 0.421. The minimum absolute atomic E-state index is 0.0713. The van der Waals surface area contributed by atoms with Crippen molar-refractivity contribution < 1.29 is 22.6 Å². The molecule has 7 heteroatoms. The van der Waals surface area contributed by atoms with Crippen LogP contribution in [0.3, 0.4) is 0 Å². The second-order valence-corrected chi connectivity index (χ2v) is 6.91. The van der Waals surface area contributed by atoms with Gasteiger partial charge in [-0.2, -0.15) is 0 Å². The standard InChI is InChI=1S/C14H23NO5S/c1-18-7-4-8-21(16,17)10-12(15)11-5-6-13(19-2)14(9-11)20-3/h5-6,9,12H,4,7-8,10,15H2,1-3H3. The number of rotatable bonds is 9. The molecule has 6 nitrogen and oxygen atoms in total. The van der Waals surface area contributed by atoms with Crippen LogP contribution in [-0.2, 0) is 14.6 Å². The van der Waals surface area contributed by atoms with Gasteiger partial charge in [0.25, 0.3) is 0 Å². The molecule has 0 radical (unpaired) electrons. The highest BCUT2D eigenvalue weighted by atomic mass is 32.2. The van der Waals surface area contributed by atoms with Crippen molar-refractivity contribution in [2.75, 3.05) is 39.4 Å². The zero-order chi connectivity index (χ0) is 15.9. The molecule has 0 bridgehead atoms. The maximum Gasteiger partial charge on any atom is 0.161 e. The summed E-state index contributed by atoms with van der Waals surface area (Å²) < 4.78 is 39.1. The maximum atomic E-state index is 12.0. The average Bonchev–Trinajstić information content (AvgIpc) is 2.46. The van der Waals surface area contributed by atoms with Gasteiger partial charge >= 0.3 is 0 Å². The minimum Gasteiger partial charge on any atom is -0.493 e. The lowest BCUT2D eigenvalue weighted by Crippen LogP contribution is -2.24. The molecule has 21 heavy (non-hydrogen) atoms. The zero-order valence-electron chi connectivity index (χ0n) is 12.7. The van der Waals surface area contributed by atoms with E-state index in [-0.39, 0.29) is 11.5 Å². The van der Waals surface area contributed by atoms with Crippen LogP contribution in [0.5, 0.6) is 11.5 Å². The van der Waals surface area contributed by atoms with E-state index in [1.807, 2.05) is 0 Å². The van der Waals surface area contributed by atoms with Crippen molar-refractivity contribution in [3.05, 3.63) is 23.8 Å². The molecule has 1 atom stereocenters. The molecule has 0 saturated heterocycles. The lowest BCUT2D eigenvalue weighted by atomic mass is 10.1. The number of ether oxygens (including phenoxy) is 3. The van der Waals surface area contributed by atoms with E-state index in [0.717, 1.165) is 0 Å². The topological polar surface area (TPSA) is 87.9 Å². The van der Waals surface area contributed by atoms with Crippen molar-refractivity contribution in [2.45, 2.75) is 12.5 Å². The van der Waals surface area contributed by atoms with E-state index < -0.39 is 15.9 Å². The van der Waals surface area contributed by atoms with Gasteiger partial charge in [-0.15, -0.1) is 0 Å². The Morgan fingerprint density at radius 1 is 1.14 bits per heavy atom. The summed E-state index contributed by atoms with van der Waals surface area (Å²) in [6, 6.07) is 4.56. The lowest BCUT2D eigenvalue weighted by Gasteiger charge is -2.15. The van der Waals surface area contributed by atoms with Crippen LogP contribution in [0.25, 0.3) is 0 Å². The van der Waals surface area contributed by atoms with Crippen LogP contribution in [0.4, 0.5) is 0 Å². The third-order valence-corrected chi connectivity index (χ3v) is 4.85. The first kappa shape index (κ1) is 17.7. The highest BCUT2D eigenvalue weighted by Crippen LogP contribution is 2.29. The van der Waals surface area contributed by atoms with E-state index in [2.05, 4.69) is 0 Å². The van der Waals surface area contributed by atoms with Gasteiger partial charge in [0.2, 0.25) is 0 Å². The number of benzene rings is 1. The van der Waals surface area contributed by atoms with Crippen molar-refractivity contribution in [3.63, 3.8) is 0 Å². The smallest absolute Gasteiger partial charge is 0.161 e. The fourth-order valence-corrected chi connectivity index (χ4v) is 3.42. The molecule has 0 saturated carbocycles. The van der Waals surface area contributed by atoms with Gasteiger partial charge < -0.3 is 19.9 Å². The first-order chi connectivity index (χ1) is 9.93. The SMILES string of the molecule is COCCCS(=O)(=O)CC(N)c1ccc(OC)c(OC)c1. The normalized spacial score (nSPS) is 13.0. The molecular formula is C14H23NO5S. The summed E-state index contributed by atoms with van der Waals surface area (Å²) in [7, 11) is 1.39. The third kappa shape index (κ3) is 5.53. The molecular weight excluding hydrogens is 294 g/mol. The van der Waals surface area contributed by atoms with E-state index >= 15 is 0 Å². The molecule has 0 aliphatic carbocycles. The van der Waals surface area contributed by atoms with Gasteiger partial charge in [-0.3, -0.25) is 0 Å². The highest BCUT2D eigenvalue weighted by Gasteiger charge is 2.18. The molecule has 0 aromatic heterocycles. The largest absolute Gasteiger partial charge is 0.493 e. The lowest BCUT2D eigenvalue weighted by molar-refractivity contribution is 0.199. The van der Waals surface area contributed by atoms with Gasteiger partial charge in [0.15, 0.2) is 21.3 Å². The monoisotopic (exact) mass is 317 g/mol. The Morgan fingerprint density at radius 3 is 2.38 bits per heavy atom. The van der Waals surface area contributed by atoms with E-state index in [0.29, 0.717) is 30.1 Å². The number of hydrogen-bond acceptors (Lipinski definition) is 6. The molecule has 0 aliphatic rings. The van der Waals surface area contributed by atoms with Crippen LogP contribution in [0.2, 0.25) is 0 Å². The Hall–Kier alpha value is -1.31. The first-order valence-electron chi connectivity index (χ1n) is 6.60. The molecule has 0 aliphatic heterocycles. The van der Waals surface area contributed by atoms with Crippen LogP contribution in [0.1, 0.15) is 18.0 Å². The molecule has 0 heterocycles. The Kier molecular flexibility index (Phi) is 6.94. The zero-order valence-corrected chi connectivity index (χ0v) is 13.5. The third-order valence-electron chi connectivity index (χ3n) is 3.07. The van der Waals surface area contributed by atoms with Crippen molar-refractivity contribution in [1.29, 1.82) is 0 Å². The summed E-state index contributed by atoms with van der Waals surface area (Å²) in [6.07, 6.45) is 0.470. The Balaban J connectivity index is 2.77. The quantitative estimate of drug-likeness (QED) is 0.688. The summed E-state index contributed by atoms with van der Waals surface area (Å²) in [5, 5.41) is 0. The highest BCUT2D eigenvalue weighted by molar-refractivity contribution is 7.91. The van der Waals surface area contributed by atoms with Crippen LogP contribution >= 0.6 is 0 Å². The molecule has 1 aromatic rings. The number of hydrogen-bond donors (Lipinski definition) is 1. The number of methoxy groups -OCH3 is 3. The van der Waals surface area contributed by atoms with E-state index in [9.17, 15) is 8.42 Å². The second kappa shape index (κ2) is 8.21. The first-order valence-corrected chi connectivity index (χ1v) is 8.42. The molecule has 2 N–H and O–H groups in total. The molecule has 0 fully saturated rings. The average molecular weight is 317 g/mol. The van der Waals surface area contributed by atoms with Crippen molar-refractivity contribution in [2.24, 2.45) is 5.73 Å². The van der Waals surface area contributed by atoms with Crippen LogP contribution < -0.4 is 15.2 Å². The fourth-order valence-electron chi connectivity index (χ4n) is 1.96. The van der Waals surface area contributed by atoms with Crippen LogP contribution in [0, 0.1) is 0 Å². The number of nitrogens with two attached hydrogens (primary N) is 1. The second-order valence-electron chi connectivity index (χ2n) is 4.68.